The summed E-state index contributed by atoms with van der Waals surface area (Å²) in [4.78, 5) is 10.8. The molecule has 1 aromatic heterocycles. The van der Waals surface area contributed by atoms with Crippen molar-refractivity contribution in [1.82, 2.24) is 9.78 Å². The molecular weight excluding hydrogens is 276 g/mol. The van der Waals surface area contributed by atoms with E-state index < -0.39 is 12.1 Å². The summed E-state index contributed by atoms with van der Waals surface area (Å²) in [6.45, 7) is 5.31. The molecule has 1 unspecified atom stereocenters. The molecule has 1 atom stereocenters. The second kappa shape index (κ2) is 5.61. The molecule has 0 fully saturated rings. The molecule has 2 rings (SSSR count). The zero-order valence-electron chi connectivity index (χ0n) is 12.1. The van der Waals surface area contributed by atoms with Crippen LogP contribution in [0.4, 0.5) is 0 Å². The molecule has 3 N–H and O–H groups in total. The van der Waals surface area contributed by atoms with E-state index in [2.05, 4.69) is 5.10 Å². The van der Waals surface area contributed by atoms with Gasteiger partial charge in [-0.3, -0.25) is 4.68 Å². The van der Waals surface area contributed by atoms with Crippen molar-refractivity contribution >= 4 is 16.9 Å². The van der Waals surface area contributed by atoms with Crippen molar-refractivity contribution in [3.63, 3.8) is 0 Å². The summed E-state index contributed by atoms with van der Waals surface area (Å²) in [5, 5.41) is 33.1. The average molecular weight is 294 g/mol. The van der Waals surface area contributed by atoms with Gasteiger partial charge in [0.15, 0.2) is 17.6 Å². The van der Waals surface area contributed by atoms with Crippen LogP contribution < -0.4 is 0 Å². The van der Waals surface area contributed by atoms with E-state index in [0.717, 1.165) is 0 Å². The van der Waals surface area contributed by atoms with Gasteiger partial charge in [0.1, 0.15) is 0 Å². The van der Waals surface area contributed by atoms with Crippen LogP contribution in [0.5, 0.6) is 11.5 Å². The van der Waals surface area contributed by atoms with Crippen LogP contribution in [-0.2, 0) is 16.1 Å². The van der Waals surface area contributed by atoms with E-state index in [4.69, 9.17) is 9.84 Å². The number of rotatable bonds is 5. The van der Waals surface area contributed by atoms with Crippen LogP contribution in [0.3, 0.4) is 0 Å². The van der Waals surface area contributed by atoms with Gasteiger partial charge in [0.2, 0.25) is 0 Å². The second-order valence-corrected chi connectivity index (χ2v) is 5.13. The summed E-state index contributed by atoms with van der Waals surface area (Å²) in [7, 11) is 0. The van der Waals surface area contributed by atoms with Crippen LogP contribution in [0, 0.1) is 0 Å². The number of aromatic hydroxyl groups is 2. The predicted molar refractivity (Wildman–Crippen MR) is 75.3 cm³/mol. The lowest BCUT2D eigenvalue weighted by molar-refractivity contribution is -0.149. The van der Waals surface area contributed by atoms with Gasteiger partial charge in [-0.05, 0) is 26.8 Å². The van der Waals surface area contributed by atoms with Gasteiger partial charge in [-0.1, -0.05) is 0 Å². The summed E-state index contributed by atoms with van der Waals surface area (Å²) in [6, 6.07) is 2.88. The Morgan fingerprint density at radius 2 is 1.90 bits per heavy atom. The second-order valence-electron chi connectivity index (χ2n) is 5.13. The summed E-state index contributed by atoms with van der Waals surface area (Å²) in [5.41, 5.74) is 1.17. The van der Waals surface area contributed by atoms with Crippen LogP contribution in [0.2, 0.25) is 0 Å². The van der Waals surface area contributed by atoms with Crippen LogP contribution in [0.1, 0.15) is 32.5 Å². The number of carboxylic acids is 1. The SMILES string of the molecule is CC(OCc1nn(C(C)C)c2cc(O)c(O)cc12)C(=O)O. The molecule has 0 saturated heterocycles. The number of ether oxygens (including phenoxy) is 1. The summed E-state index contributed by atoms with van der Waals surface area (Å²) in [5.74, 6) is -1.53. The molecule has 114 valence electrons. The zero-order valence-corrected chi connectivity index (χ0v) is 12.1. The first kappa shape index (κ1) is 15.1. The fourth-order valence-electron chi connectivity index (χ4n) is 2.00. The lowest BCUT2D eigenvalue weighted by Crippen LogP contribution is -2.19. The van der Waals surface area contributed by atoms with Crippen LogP contribution in [-0.4, -0.2) is 37.2 Å². The lowest BCUT2D eigenvalue weighted by atomic mass is 10.2. The molecular formula is C14H18N2O5. The normalized spacial score (nSPS) is 13.0. The van der Waals surface area contributed by atoms with E-state index in [1.807, 2.05) is 13.8 Å². The molecule has 0 radical (unpaired) electrons. The predicted octanol–water partition coefficient (Wildman–Crippen LogP) is 2.02. The first-order valence-electron chi connectivity index (χ1n) is 6.58. The number of hydrogen-bond donors (Lipinski definition) is 3. The maximum Gasteiger partial charge on any atom is 0.332 e. The smallest absolute Gasteiger partial charge is 0.332 e. The van der Waals surface area contributed by atoms with Crippen LogP contribution >= 0.6 is 0 Å². The molecule has 0 aliphatic heterocycles. The largest absolute Gasteiger partial charge is 0.504 e. The Labute approximate surface area is 121 Å². The van der Waals surface area contributed by atoms with Gasteiger partial charge in [0.05, 0.1) is 17.8 Å². The fourth-order valence-corrected chi connectivity index (χ4v) is 2.00. The Morgan fingerprint density at radius 1 is 1.29 bits per heavy atom. The highest BCUT2D eigenvalue weighted by Crippen LogP contribution is 2.33. The van der Waals surface area contributed by atoms with E-state index in [1.54, 1.807) is 4.68 Å². The number of benzene rings is 1. The number of hydrogen-bond acceptors (Lipinski definition) is 5. The lowest BCUT2D eigenvalue weighted by Gasteiger charge is -2.07. The van der Waals surface area contributed by atoms with Gasteiger partial charge in [0, 0.05) is 17.5 Å². The highest BCUT2D eigenvalue weighted by Gasteiger charge is 2.18. The molecule has 1 heterocycles. The molecule has 0 saturated carbocycles. The van der Waals surface area contributed by atoms with Gasteiger partial charge in [-0.2, -0.15) is 5.10 Å². The monoisotopic (exact) mass is 294 g/mol. The molecule has 0 aliphatic rings. The van der Waals surface area contributed by atoms with Crippen LogP contribution in [0.15, 0.2) is 12.1 Å². The molecule has 7 heteroatoms. The Morgan fingerprint density at radius 3 is 2.48 bits per heavy atom. The third kappa shape index (κ3) is 2.92. The molecule has 0 aliphatic carbocycles. The Kier molecular flexibility index (Phi) is 4.04. The maximum atomic E-state index is 10.8. The van der Waals surface area contributed by atoms with E-state index in [-0.39, 0.29) is 24.1 Å². The van der Waals surface area contributed by atoms with E-state index in [1.165, 1.54) is 19.1 Å². The van der Waals surface area contributed by atoms with Crippen molar-refractivity contribution in [3.8, 4) is 11.5 Å². The molecule has 21 heavy (non-hydrogen) atoms. The van der Waals surface area contributed by atoms with E-state index >= 15 is 0 Å². The molecule has 0 spiro atoms. The van der Waals surface area contributed by atoms with Gasteiger partial charge >= 0.3 is 5.97 Å². The van der Waals surface area contributed by atoms with Gasteiger partial charge in [0.25, 0.3) is 0 Å². The highest BCUT2D eigenvalue weighted by molar-refractivity contribution is 5.85. The number of carbonyl (C=O) groups is 1. The number of carboxylic acid groups (broad SMARTS) is 1. The van der Waals surface area contributed by atoms with Crippen molar-refractivity contribution < 1.29 is 24.9 Å². The van der Waals surface area contributed by atoms with Crippen molar-refractivity contribution in [2.24, 2.45) is 0 Å². The van der Waals surface area contributed by atoms with Crippen molar-refractivity contribution in [3.05, 3.63) is 17.8 Å². The fraction of sp³-hybridized carbons (Fsp3) is 0.429. The number of aromatic nitrogens is 2. The molecule has 1 aromatic carbocycles. The summed E-state index contributed by atoms with van der Waals surface area (Å²) >= 11 is 0. The summed E-state index contributed by atoms with van der Waals surface area (Å²) < 4.78 is 6.93. The number of fused-ring (bicyclic) bond motifs is 1. The van der Waals surface area contributed by atoms with Gasteiger partial charge in [-0.15, -0.1) is 0 Å². The highest BCUT2D eigenvalue weighted by atomic mass is 16.5. The maximum absolute atomic E-state index is 10.8. The Balaban J connectivity index is 2.43. The first-order chi connectivity index (χ1) is 9.81. The van der Waals surface area contributed by atoms with Crippen LogP contribution in [0.25, 0.3) is 10.9 Å². The first-order valence-corrected chi connectivity index (χ1v) is 6.58. The Bertz CT molecular complexity index is 678. The van der Waals surface area contributed by atoms with E-state index in [0.29, 0.717) is 16.6 Å². The minimum atomic E-state index is -1.05. The molecule has 0 bridgehead atoms. The molecule has 0 amide bonds. The molecule has 2 aromatic rings. The van der Waals surface area contributed by atoms with Gasteiger partial charge < -0.3 is 20.1 Å². The topological polar surface area (TPSA) is 105 Å². The van der Waals surface area contributed by atoms with Gasteiger partial charge in [-0.25, -0.2) is 4.79 Å². The third-order valence-corrected chi connectivity index (χ3v) is 3.19. The summed E-state index contributed by atoms with van der Waals surface area (Å²) in [6.07, 6.45) is -0.949. The van der Waals surface area contributed by atoms with E-state index in [9.17, 15) is 15.0 Å². The quantitative estimate of drug-likeness (QED) is 0.729. The standard InChI is InChI=1S/C14H18N2O5/c1-7(2)16-11-5-13(18)12(17)4-9(11)10(15-16)6-21-8(3)14(19)20/h4-5,7-8,17-18H,6H2,1-3H3,(H,19,20). The number of phenolic OH excluding ortho intramolecular Hbond substituents is 2. The number of aliphatic carboxylic acids is 1. The number of nitrogens with zero attached hydrogens (tertiary/aromatic N) is 2. The zero-order chi connectivity index (χ0) is 15.7. The number of phenols is 2. The van der Waals surface area contributed by atoms with Crippen molar-refractivity contribution in [2.75, 3.05) is 0 Å². The average Bonchev–Trinajstić information content (AvgIpc) is 2.74. The van der Waals surface area contributed by atoms with Crippen molar-refractivity contribution in [1.29, 1.82) is 0 Å². The Hall–Kier alpha value is -2.28. The minimum absolute atomic E-state index is 0.00784. The third-order valence-electron chi connectivity index (χ3n) is 3.19. The van der Waals surface area contributed by atoms with Crippen molar-refractivity contribution in [2.45, 2.75) is 39.5 Å². The molecule has 7 nitrogen and oxygen atoms in total. The minimum Gasteiger partial charge on any atom is -0.504 e.